The summed E-state index contributed by atoms with van der Waals surface area (Å²) >= 11 is 8.87. The van der Waals surface area contributed by atoms with Crippen molar-refractivity contribution in [1.29, 1.82) is 0 Å². The summed E-state index contributed by atoms with van der Waals surface area (Å²) in [6, 6.07) is 2.19. The number of halogens is 2. The zero-order valence-electron chi connectivity index (χ0n) is 11.4. The van der Waals surface area contributed by atoms with Crippen LogP contribution in [0.4, 0.5) is 0 Å². The van der Waals surface area contributed by atoms with Crippen molar-refractivity contribution in [3.05, 3.63) is 19.2 Å². The van der Waals surface area contributed by atoms with Gasteiger partial charge in [-0.25, -0.2) is 0 Å². The van der Waals surface area contributed by atoms with Crippen LogP contribution >= 0.6 is 43.2 Å². The third kappa shape index (κ3) is 5.46. The van der Waals surface area contributed by atoms with Crippen molar-refractivity contribution in [2.24, 2.45) is 5.92 Å². The van der Waals surface area contributed by atoms with E-state index in [4.69, 9.17) is 0 Å². The van der Waals surface area contributed by atoms with Crippen LogP contribution in [0.15, 0.2) is 14.3 Å². The molecule has 1 atom stereocenters. The molecule has 1 aliphatic heterocycles. The van der Waals surface area contributed by atoms with Gasteiger partial charge in [0.1, 0.15) is 0 Å². The number of hydrogen-bond donors (Lipinski definition) is 1. The number of piperidine rings is 1. The van der Waals surface area contributed by atoms with Gasteiger partial charge in [-0.15, -0.1) is 11.3 Å². The standard InChI is InChI=1S/C14H22Br2N2S/c1-11(10-18-5-3-2-4-6-18)8-17-9-12-7-13(15)14(16)19-12/h7,11,17H,2-6,8-10H2,1H3. The molecule has 0 radical (unpaired) electrons. The average molecular weight is 410 g/mol. The summed E-state index contributed by atoms with van der Waals surface area (Å²) in [4.78, 5) is 4.00. The first-order chi connectivity index (χ1) is 9.15. The quantitative estimate of drug-likeness (QED) is 0.744. The molecular formula is C14H22Br2N2S. The molecule has 1 aliphatic rings. The van der Waals surface area contributed by atoms with Crippen LogP contribution in [0.3, 0.4) is 0 Å². The molecule has 0 aromatic carbocycles. The second-order valence-electron chi connectivity index (χ2n) is 5.43. The van der Waals surface area contributed by atoms with E-state index in [2.05, 4.69) is 55.1 Å². The maximum atomic E-state index is 3.57. The topological polar surface area (TPSA) is 15.3 Å². The van der Waals surface area contributed by atoms with E-state index in [9.17, 15) is 0 Å². The molecule has 0 amide bonds. The SMILES string of the molecule is CC(CNCc1cc(Br)c(Br)s1)CN1CCCCC1. The van der Waals surface area contributed by atoms with Gasteiger partial charge in [0, 0.05) is 22.4 Å². The molecular weight excluding hydrogens is 388 g/mol. The summed E-state index contributed by atoms with van der Waals surface area (Å²) in [6.07, 6.45) is 4.19. The highest BCUT2D eigenvalue weighted by Gasteiger charge is 2.13. The van der Waals surface area contributed by atoms with E-state index < -0.39 is 0 Å². The highest BCUT2D eigenvalue weighted by Crippen LogP contribution is 2.32. The fourth-order valence-corrected chi connectivity index (χ4v) is 4.71. The van der Waals surface area contributed by atoms with Gasteiger partial charge in [0.15, 0.2) is 0 Å². The van der Waals surface area contributed by atoms with Crippen molar-refractivity contribution in [1.82, 2.24) is 10.2 Å². The molecule has 2 rings (SSSR count). The van der Waals surface area contributed by atoms with Crippen LogP contribution in [0.5, 0.6) is 0 Å². The van der Waals surface area contributed by atoms with Crippen LogP contribution in [0.1, 0.15) is 31.1 Å². The number of thiophene rings is 1. The lowest BCUT2D eigenvalue weighted by molar-refractivity contribution is 0.199. The molecule has 2 nitrogen and oxygen atoms in total. The van der Waals surface area contributed by atoms with Gasteiger partial charge in [0.05, 0.1) is 3.79 Å². The first-order valence-corrected chi connectivity index (χ1v) is 9.42. The number of hydrogen-bond acceptors (Lipinski definition) is 3. The Morgan fingerprint density at radius 3 is 2.68 bits per heavy atom. The van der Waals surface area contributed by atoms with Gasteiger partial charge in [-0.2, -0.15) is 0 Å². The number of likely N-dealkylation sites (tertiary alicyclic amines) is 1. The molecule has 0 saturated carbocycles. The Morgan fingerprint density at radius 1 is 1.32 bits per heavy atom. The van der Waals surface area contributed by atoms with E-state index in [0.29, 0.717) is 0 Å². The van der Waals surface area contributed by atoms with Crippen molar-refractivity contribution in [3.63, 3.8) is 0 Å². The summed E-state index contributed by atoms with van der Waals surface area (Å²) in [6.45, 7) is 8.26. The van der Waals surface area contributed by atoms with Crippen molar-refractivity contribution < 1.29 is 0 Å². The van der Waals surface area contributed by atoms with Gasteiger partial charge in [0.2, 0.25) is 0 Å². The zero-order valence-corrected chi connectivity index (χ0v) is 15.4. The summed E-state index contributed by atoms with van der Waals surface area (Å²) in [5, 5.41) is 3.57. The Bertz CT molecular complexity index is 369. The van der Waals surface area contributed by atoms with Gasteiger partial charge in [-0.1, -0.05) is 13.3 Å². The predicted octanol–water partition coefficient (Wildman–Crippen LogP) is 4.48. The average Bonchev–Trinajstić information content (AvgIpc) is 2.70. The Hall–Kier alpha value is 0.580. The number of nitrogens with zero attached hydrogens (tertiary/aromatic N) is 1. The van der Waals surface area contributed by atoms with Crippen molar-refractivity contribution >= 4 is 43.2 Å². The van der Waals surface area contributed by atoms with E-state index in [1.54, 1.807) is 11.3 Å². The van der Waals surface area contributed by atoms with Gasteiger partial charge < -0.3 is 10.2 Å². The lowest BCUT2D eigenvalue weighted by Crippen LogP contribution is -2.36. The maximum absolute atomic E-state index is 3.57. The van der Waals surface area contributed by atoms with E-state index in [0.717, 1.165) is 23.5 Å². The Morgan fingerprint density at radius 2 is 2.05 bits per heavy atom. The Labute approximate surface area is 137 Å². The normalized spacial score (nSPS) is 18.7. The molecule has 19 heavy (non-hydrogen) atoms. The van der Waals surface area contributed by atoms with Gasteiger partial charge in [-0.05, 0) is 76.3 Å². The van der Waals surface area contributed by atoms with Crippen LogP contribution < -0.4 is 5.32 Å². The number of rotatable bonds is 6. The second kappa shape index (κ2) is 8.13. The molecule has 2 heterocycles. The van der Waals surface area contributed by atoms with Crippen LogP contribution in [0.25, 0.3) is 0 Å². The molecule has 1 fully saturated rings. The zero-order chi connectivity index (χ0) is 13.7. The first-order valence-electron chi connectivity index (χ1n) is 7.02. The first kappa shape index (κ1) is 16.0. The van der Waals surface area contributed by atoms with E-state index >= 15 is 0 Å². The van der Waals surface area contributed by atoms with Crippen molar-refractivity contribution in [3.8, 4) is 0 Å². The molecule has 1 saturated heterocycles. The smallest absolute Gasteiger partial charge is 0.0843 e. The fraction of sp³-hybridized carbons (Fsp3) is 0.714. The molecule has 1 aromatic rings. The van der Waals surface area contributed by atoms with Crippen molar-refractivity contribution in [2.75, 3.05) is 26.2 Å². The summed E-state index contributed by atoms with van der Waals surface area (Å²) in [7, 11) is 0. The third-order valence-corrected chi connectivity index (χ3v) is 6.76. The lowest BCUT2D eigenvalue weighted by atomic mass is 10.1. The highest BCUT2D eigenvalue weighted by molar-refractivity contribution is 9.13. The Kier molecular flexibility index (Phi) is 6.83. The molecule has 0 aliphatic carbocycles. The molecule has 108 valence electrons. The minimum Gasteiger partial charge on any atom is -0.312 e. The van der Waals surface area contributed by atoms with E-state index in [1.165, 1.54) is 47.6 Å². The predicted molar refractivity (Wildman–Crippen MR) is 90.9 cm³/mol. The molecule has 1 N–H and O–H groups in total. The second-order valence-corrected chi connectivity index (χ2v) is 8.74. The third-order valence-electron chi connectivity index (χ3n) is 3.51. The van der Waals surface area contributed by atoms with E-state index in [1.807, 2.05) is 0 Å². The highest BCUT2D eigenvalue weighted by atomic mass is 79.9. The van der Waals surface area contributed by atoms with Crippen LogP contribution in [-0.2, 0) is 6.54 Å². The summed E-state index contributed by atoms with van der Waals surface area (Å²) in [5.41, 5.74) is 0. The summed E-state index contributed by atoms with van der Waals surface area (Å²) in [5.74, 6) is 0.727. The van der Waals surface area contributed by atoms with Gasteiger partial charge in [-0.3, -0.25) is 0 Å². The molecule has 0 spiro atoms. The van der Waals surface area contributed by atoms with Gasteiger partial charge >= 0.3 is 0 Å². The monoisotopic (exact) mass is 408 g/mol. The van der Waals surface area contributed by atoms with E-state index in [-0.39, 0.29) is 0 Å². The molecule has 0 bridgehead atoms. The largest absolute Gasteiger partial charge is 0.312 e. The summed E-state index contributed by atoms with van der Waals surface area (Å²) < 4.78 is 2.35. The minimum absolute atomic E-state index is 0.727. The fourth-order valence-electron chi connectivity index (χ4n) is 2.57. The van der Waals surface area contributed by atoms with Gasteiger partial charge in [0.25, 0.3) is 0 Å². The van der Waals surface area contributed by atoms with Crippen LogP contribution in [-0.4, -0.2) is 31.1 Å². The maximum Gasteiger partial charge on any atom is 0.0843 e. The van der Waals surface area contributed by atoms with Crippen molar-refractivity contribution in [2.45, 2.75) is 32.7 Å². The molecule has 1 aromatic heterocycles. The molecule has 1 unspecified atom stereocenters. The van der Waals surface area contributed by atoms with Crippen LogP contribution in [0.2, 0.25) is 0 Å². The number of nitrogens with one attached hydrogen (secondary N) is 1. The lowest BCUT2D eigenvalue weighted by Gasteiger charge is -2.29. The van der Waals surface area contributed by atoms with Crippen LogP contribution in [0, 0.1) is 5.92 Å². The Balaban J connectivity index is 1.64. The molecule has 5 heteroatoms. The minimum atomic E-state index is 0.727.